The highest BCUT2D eigenvalue weighted by atomic mass is 32.1. The van der Waals surface area contributed by atoms with E-state index in [1.165, 1.54) is 17.4 Å². The van der Waals surface area contributed by atoms with Gasteiger partial charge in [-0.15, -0.1) is 11.3 Å². The summed E-state index contributed by atoms with van der Waals surface area (Å²) in [5.41, 5.74) is -0.107. The van der Waals surface area contributed by atoms with Crippen molar-refractivity contribution in [3.8, 4) is 10.4 Å². The minimum Gasteiger partial charge on any atom is -0.399 e. The zero-order valence-electron chi connectivity index (χ0n) is 12.6. The fourth-order valence-electron chi connectivity index (χ4n) is 2.24. The molecule has 0 spiro atoms. The van der Waals surface area contributed by atoms with Gasteiger partial charge in [0.1, 0.15) is 5.82 Å². The topological polar surface area (TPSA) is 18.5 Å². The number of benzene rings is 1. The van der Waals surface area contributed by atoms with Gasteiger partial charge in [-0.2, -0.15) is 0 Å². The summed E-state index contributed by atoms with van der Waals surface area (Å²) in [6.45, 7) is 8.10. The van der Waals surface area contributed by atoms with Crippen molar-refractivity contribution >= 4 is 23.2 Å². The molecule has 0 saturated carbocycles. The first-order valence-corrected chi connectivity index (χ1v) is 7.82. The molecule has 0 unspecified atom stereocenters. The Balaban J connectivity index is 1.89. The van der Waals surface area contributed by atoms with Gasteiger partial charge in [0.15, 0.2) is 0 Å². The lowest BCUT2D eigenvalue weighted by Crippen LogP contribution is -2.41. The van der Waals surface area contributed by atoms with Crippen molar-refractivity contribution < 1.29 is 13.7 Å². The third-order valence-corrected chi connectivity index (χ3v) is 5.39. The Morgan fingerprint density at radius 3 is 2.19 bits per heavy atom. The first-order valence-electron chi connectivity index (χ1n) is 7.00. The van der Waals surface area contributed by atoms with E-state index in [-0.39, 0.29) is 24.1 Å². The summed E-state index contributed by atoms with van der Waals surface area (Å²) in [7, 11) is -0.388. The van der Waals surface area contributed by atoms with Crippen LogP contribution in [0.25, 0.3) is 10.4 Å². The zero-order chi connectivity index (χ0) is 15.3. The summed E-state index contributed by atoms with van der Waals surface area (Å²) in [4.78, 5) is 0.887. The van der Waals surface area contributed by atoms with E-state index in [2.05, 4.69) is 0 Å². The summed E-state index contributed by atoms with van der Waals surface area (Å²) >= 11 is 1.51. The lowest BCUT2D eigenvalue weighted by atomic mass is 9.88. The summed E-state index contributed by atoms with van der Waals surface area (Å²) in [6.07, 6.45) is 0. The van der Waals surface area contributed by atoms with E-state index in [4.69, 9.17) is 9.31 Å². The van der Waals surface area contributed by atoms with Gasteiger partial charge in [-0.25, -0.2) is 4.39 Å². The summed E-state index contributed by atoms with van der Waals surface area (Å²) in [6, 6.07) is 10.7. The monoisotopic (exact) mass is 304 g/mol. The van der Waals surface area contributed by atoms with E-state index in [9.17, 15) is 4.39 Å². The number of hydrogen-bond donors (Lipinski definition) is 0. The normalized spacial score (nSPS) is 20.0. The molecule has 2 aromatic rings. The molecule has 0 bridgehead atoms. The van der Waals surface area contributed by atoms with Crippen LogP contribution in [0.15, 0.2) is 36.4 Å². The van der Waals surface area contributed by atoms with E-state index in [1.807, 2.05) is 45.9 Å². The maximum absolute atomic E-state index is 13.9. The number of hydrogen-bond acceptors (Lipinski definition) is 3. The van der Waals surface area contributed by atoms with E-state index in [0.29, 0.717) is 5.56 Å². The molecule has 2 heterocycles. The fraction of sp³-hybridized carbons (Fsp3) is 0.375. The van der Waals surface area contributed by atoms with Crippen LogP contribution in [0.5, 0.6) is 0 Å². The third-order valence-electron chi connectivity index (χ3n) is 4.25. The molecule has 1 fully saturated rings. The zero-order valence-corrected chi connectivity index (χ0v) is 13.5. The van der Waals surface area contributed by atoms with E-state index in [1.54, 1.807) is 12.1 Å². The van der Waals surface area contributed by atoms with Gasteiger partial charge in [-0.3, -0.25) is 0 Å². The Morgan fingerprint density at radius 2 is 1.57 bits per heavy atom. The molecule has 1 aromatic heterocycles. The first-order chi connectivity index (χ1) is 9.80. The van der Waals surface area contributed by atoms with Crippen molar-refractivity contribution in [2.45, 2.75) is 38.9 Å². The standard InChI is InChI=1S/C16H18BFO2S/c1-15(2)16(3,4)20-17(19-15)14-10-9-13(21-14)11-7-5-6-8-12(11)18/h5-10H,1-4H3. The first kappa shape index (κ1) is 14.8. The molecule has 0 atom stereocenters. The van der Waals surface area contributed by atoms with Gasteiger partial charge < -0.3 is 9.31 Å². The van der Waals surface area contributed by atoms with Crippen LogP contribution < -0.4 is 4.78 Å². The molecule has 5 heteroatoms. The summed E-state index contributed by atoms with van der Waals surface area (Å²) < 4.78 is 26.9. The SMILES string of the molecule is CC1(C)OB(c2ccc(-c3ccccc3F)s2)OC1(C)C. The highest BCUT2D eigenvalue weighted by Gasteiger charge is 2.52. The van der Waals surface area contributed by atoms with Gasteiger partial charge in [0.25, 0.3) is 0 Å². The minimum atomic E-state index is -0.388. The largest absolute Gasteiger partial charge is 0.505 e. The molecule has 1 aromatic carbocycles. The van der Waals surface area contributed by atoms with Gasteiger partial charge in [-0.1, -0.05) is 24.3 Å². The van der Waals surface area contributed by atoms with Crippen molar-refractivity contribution in [3.63, 3.8) is 0 Å². The van der Waals surface area contributed by atoms with Gasteiger partial charge in [0, 0.05) is 15.2 Å². The van der Waals surface area contributed by atoms with Crippen molar-refractivity contribution in [2.75, 3.05) is 0 Å². The van der Waals surface area contributed by atoms with Crippen molar-refractivity contribution in [3.05, 3.63) is 42.2 Å². The molecule has 3 rings (SSSR count). The van der Waals surface area contributed by atoms with Crippen LogP contribution in [0.3, 0.4) is 0 Å². The number of thiophene rings is 1. The van der Waals surface area contributed by atoms with Crippen LogP contribution in [0.4, 0.5) is 4.39 Å². The van der Waals surface area contributed by atoms with Gasteiger partial charge in [0.2, 0.25) is 0 Å². The molecule has 0 amide bonds. The predicted molar refractivity (Wildman–Crippen MR) is 85.4 cm³/mol. The average Bonchev–Trinajstić information content (AvgIpc) is 2.94. The second-order valence-electron chi connectivity index (χ2n) is 6.27. The molecule has 0 radical (unpaired) electrons. The van der Waals surface area contributed by atoms with Crippen molar-refractivity contribution in [2.24, 2.45) is 0 Å². The lowest BCUT2D eigenvalue weighted by Gasteiger charge is -2.32. The molecule has 1 saturated heterocycles. The Hall–Kier alpha value is -1.17. The van der Waals surface area contributed by atoms with Crippen molar-refractivity contribution in [1.29, 1.82) is 0 Å². The molecule has 1 aliphatic heterocycles. The second-order valence-corrected chi connectivity index (χ2v) is 7.39. The number of halogens is 1. The van der Waals surface area contributed by atoms with E-state index in [0.717, 1.165) is 9.65 Å². The van der Waals surface area contributed by atoms with Crippen LogP contribution in [0, 0.1) is 5.82 Å². The molecule has 21 heavy (non-hydrogen) atoms. The molecule has 1 aliphatic rings. The Labute approximate surface area is 129 Å². The van der Waals surface area contributed by atoms with E-state index < -0.39 is 0 Å². The highest BCUT2D eigenvalue weighted by Crippen LogP contribution is 2.37. The molecule has 2 nitrogen and oxygen atoms in total. The minimum absolute atomic E-state index is 0.209. The second kappa shape index (κ2) is 4.94. The van der Waals surface area contributed by atoms with Crippen LogP contribution in [0.1, 0.15) is 27.7 Å². The predicted octanol–water partition coefficient (Wildman–Crippen LogP) is 3.85. The summed E-state index contributed by atoms with van der Waals surface area (Å²) in [5.74, 6) is -0.209. The Kier molecular flexibility index (Phi) is 3.47. The maximum Gasteiger partial charge on any atom is 0.505 e. The van der Waals surface area contributed by atoms with Gasteiger partial charge in [0.05, 0.1) is 11.2 Å². The maximum atomic E-state index is 13.9. The van der Waals surface area contributed by atoms with Crippen LogP contribution in [-0.4, -0.2) is 18.3 Å². The van der Waals surface area contributed by atoms with Crippen LogP contribution >= 0.6 is 11.3 Å². The fourth-order valence-corrected chi connectivity index (χ4v) is 3.24. The molecule has 0 aliphatic carbocycles. The summed E-state index contributed by atoms with van der Waals surface area (Å²) in [5, 5.41) is 0. The van der Waals surface area contributed by atoms with E-state index >= 15 is 0 Å². The average molecular weight is 304 g/mol. The smallest absolute Gasteiger partial charge is 0.399 e. The van der Waals surface area contributed by atoms with Gasteiger partial charge in [-0.05, 0) is 39.8 Å². The molecular formula is C16H18BFO2S. The third kappa shape index (κ3) is 2.54. The van der Waals surface area contributed by atoms with Gasteiger partial charge >= 0.3 is 7.12 Å². The molecular weight excluding hydrogens is 286 g/mol. The van der Waals surface area contributed by atoms with Crippen molar-refractivity contribution in [1.82, 2.24) is 0 Å². The van der Waals surface area contributed by atoms with Crippen LogP contribution in [-0.2, 0) is 9.31 Å². The number of rotatable bonds is 2. The quantitative estimate of drug-likeness (QED) is 0.785. The molecule has 110 valence electrons. The Morgan fingerprint density at radius 1 is 0.952 bits per heavy atom. The highest BCUT2D eigenvalue weighted by molar-refractivity contribution is 7.25. The molecule has 0 N–H and O–H groups in total. The van der Waals surface area contributed by atoms with Crippen LogP contribution in [0.2, 0.25) is 0 Å². The lowest BCUT2D eigenvalue weighted by molar-refractivity contribution is 0.00578. The Bertz CT molecular complexity index is 650.